The predicted octanol–water partition coefficient (Wildman–Crippen LogP) is 1.90. The van der Waals surface area contributed by atoms with Crippen LogP contribution in [0.4, 0.5) is 0 Å². The van der Waals surface area contributed by atoms with Gasteiger partial charge in [0, 0.05) is 12.8 Å². The average molecular weight is 407 g/mol. The molecule has 2 aromatic rings. The van der Waals surface area contributed by atoms with Gasteiger partial charge in [0.15, 0.2) is 5.76 Å². The van der Waals surface area contributed by atoms with Crippen molar-refractivity contribution in [1.82, 2.24) is 5.48 Å². The molecule has 0 bridgehead atoms. The van der Waals surface area contributed by atoms with Gasteiger partial charge in [-0.1, -0.05) is 12.1 Å². The summed E-state index contributed by atoms with van der Waals surface area (Å²) in [6.07, 6.45) is 0.579. The number of hydrogen-bond donors (Lipinski definition) is 3. The second-order valence-corrected chi connectivity index (χ2v) is 6.46. The molecule has 0 spiro atoms. The Labute approximate surface area is 165 Å². The SMILES string of the molecule is Cc1oc(=O)oc1CONC(=O)CCC(CC(=O)O)Cc1ccc(C(=O)O)cc1. The monoisotopic (exact) mass is 407 g/mol. The highest BCUT2D eigenvalue weighted by Crippen LogP contribution is 2.19. The number of nitrogens with one attached hydrogen (secondary N) is 1. The lowest BCUT2D eigenvalue weighted by atomic mass is 9.91. The van der Waals surface area contributed by atoms with Crippen LogP contribution < -0.4 is 11.3 Å². The second kappa shape index (κ2) is 10.2. The van der Waals surface area contributed by atoms with Crippen molar-refractivity contribution >= 4 is 17.8 Å². The molecule has 1 unspecified atom stereocenters. The summed E-state index contributed by atoms with van der Waals surface area (Å²) < 4.78 is 9.39. The standard InChI is InChI=1S/C19H21NO9/c1-11-15(29-19(26)28-11)10-27-20-16(21)7-4-13(9-17(22)23)8-12-2-5-14(6-3-12)18(24)25/h2-3,5-6,13H,4,7-10H2,1H3,(H,20,21)(H,22,23)(H,24,25). The number of aromatic carboxylic acids is 1. The third-order valence-corrected chi connectivity index (χ3v) is 4.19. The van der Waals surface area contributed by atoms with Crippen molar-refractivity contribution in [2.24, 2.45) is 5.92 Å². The number of rotatable bonds is 11. The Bertz CT molecular complexity index is 911. The van der Waals surface area contributed by atoms with E-state index in [1.165, 1.54) is 19.1 Å². The van der Waals surface area contributed by atoms with Gasteiger partial charge < -0.3 is 19.0 Å². The highest BCUT2D eigenvalue weighted by Gasteiger charge is 2.17. The molecule has 1 amide bonds. The van der Waals surface area contributed by atoms with Gasteiger partial charge >= 0.3 is 17.8 Å². The summed E-state index contributed by atoms with van der Waals surface area (Å²) in [6, 6.07) is 6.16. The summed E-state index contributed by atoms with van der Waals surface area (Å²) in [7, 11) is 0. The van der Waals surface area contributed by atoms with Gasteiger partial charge in [-0.05, 0) is 43.4 Å². The molecular formula is C19H21NO9. The minimum absolute atomic E-state index is 0.0273. The van der Waals surface area contributed by atoms with Crippen LogP contribution in [0.1, 0.15) is 46.7 Å². The number of aryl methyl sites for hydroxylation is 1. The van der Waals surface area contributed by atoms with Gasteiger partial charge in [0.2, 0.25) is 5.91 Å². The first-order valence-electron chi connectivity index (χ1n) is 8.78. The molecule has 3 N–H and O–H groups in total. The van der Waals surface area contributed by atoms with E-state index in [0.29, 0.717) is 12.8 Å². The Kier molecular flexibility index (Phi) is 7.72. The Morgan fingerprint density at radius 3 is 2.38 bits per heavy atom. The van der Waals surface area contributed by atoms with E-state index in [0.717, 1.165) is 5.56 Å². The number of carbonyl (C=O) groups is 3. The van der Waals surface area contributed by atoms with Crippen molar-refractivity contribution in [2.45, 2.75) is 39.2 Å². The fraction of sp³-hybridized carbons (Fsp3) is 0.368. The number of aliphatic carboxylic acids is 1. The number of hydroxylamine groups is 1. The fourth-order valence-corrected chi connectivity index (χ4v) is 2.71. The average Bonchev–Trinajstić information content (AvgIpc) is 2.97. The van der Waals surface area contributed by atoms with Crippen LogP contribution in [0.25, 0.3) is 0 Å². The van der Waals surface area contributed by atoms with Crippen molar-refractivity contribution in [3.63, 3.8) is 0 Å². The number of carbonyl (C=O) groups excluding carboxylic acids is 1. The Morgan fingerprint density at radius 1 is 1.14 bits per heavy atom. The molecule has 0 aliphatic carbocycles. The molecule has 0 radical (unpaired) electrons. The molecule has 0 fully saturated rings. The maximum Gasteiger partial charge on any atom is 0.519 e. The molecule has 1 aromatic carbocycles. The van der Waals surface area contributed by atoms with Crippen LogP contribution in [0.2, 0.25) is 0 Å². The zero-order valence-corrected chi connectivity index (χ0v) is 15.7. The van der Waals surface area contributed by atoms with Gasteiger partial charge in [-0.15, -0.1) is 0 Å². The van der Waals surface area contributed by atoms with Crippen molar-refractivity contribution in [2.75, 3.05) is 0 Å². The highest BCUT2D eigenvalue weighted by atomic mass is 16.7. The second-order valence-electron chi connectivity index (χ2n) is 6.46. The quantitative estimate of drug-likeness (QED) is 0.473. The van der Waals surface area contributed by atoms with Crippen molar-refractivity contribution in [3.8, 4) is 0 Å². The van der Waals surface area contributed by atoms with E-state index in [4.69, 9.17) is 19.5 Å². The fourth-order valence-electron chi connectivity index (χ4n) is 2.71. The number of hydrogen-bond acceptors (Lipinski definition) is 7. The lowest BCUT2D eigenvalue weighted by molar-refractivity contribution is -0.139. The normalized spacial score (nSPS) is 11.8. The van der Waals surface area contributed by atoms with E-state index in [2.05, 4.69) is 9.90 Å². The number of carboxylic acid groups (broad SMARTS) is 2. The van der Waals surface area contributed by atoms with E-state index in [9.17, 15) is 19.2 Å². The summed E-state index contributed by atoms with van der Waals surface area (Å²) in [5, 5.41) is 18.0. The predicted molar refractivity (Wildman–Crippen MR) is 97.0 cm³/mol. The third-order valence-electron chi connectivity index (χ3n) is 4.19. The van der Waals surface area contributed by atoms with E-state index in [1.807, 2.05) is 0 Å². The molecule has 1 aromatic heterocycles. The summed E-state index contributed by atoms with van der Waals surface area (Å²) in [6.45, 7) is 1.34. The summed E-state index contributed by atoms with van der Waals surface area (Å²) >= 11 is 0. The van der Waals surface area contributed by atoms with Crippen LogP contribution >= 0.6 is 0 Å². The number of carboxylic acids is 2. The largest absolute Gasteiger partial charge is 0.519 e. The molecule has 10 nitrogen and oxygen atoms in total. The smallest absolute Gasteiger partial charge is 0.481 e. The molecule has 0 aliphatic heterocycles. The van der Waals surface area contributed by atoms with E-state index < -0.39 is 23.7 Å². The Hall–Kier alpha value is -3.40. The molecular weight excluding hydrogens is 386 g/mol. The first-order valence-corrected chi connectivity index (χ1v) is 8.78. The number of benzene rings is 1. The molecule has 156 valence electrons. The van der Waals surface area contributed by atoms with Gasteiger partial charge in [-0.2, -0.15) is 0 Å². The summed E-state index contributed by atoms with van der Waals surface area (Å²) in [5.74, 6) is -3.25. The molecule has 1 atom stereocenters. The summed E-state index contributed by atoms with van der Waals surface area (Å²) in [4.78, 5) is 49.8. The maximum atomic E-state index is 11.9. The zero-order valence-electron chi connectivity index (χ0n) is 15.7. The molecule has 10 heteroatoms. The van der Waals surface area contributed by atoms with Crippen LogP contribution in [0, 0.1) is 12.8 Å². The molecule has 2 rings (SSSR count). The third kappa shape index (κ3) is 7.26. The van der Waals surface area contributed by atoms with Crippen LogP contribution in [0.3, 0.4) is 0 Å². The van der Waals surface area contributed by atoms with Gasteiger partial charge in [-0.3, -0.25) is 14.4 Å². The van der Waals surface area contributed by atoms with Gasteiger partial charge in [0.1, 0.15) is 12.4 Å². The topological polar surface area (TPSA) is 156 Å². The molecule has 0 saturated carbocycles. The maximum absolute atomic E-state index is 11.9. The van der Waals surface area contributed by atoms with Gasteiger partial charge in [0.05, 0.1) is 5.56 Å². The van der Waals surface area contributed by atoms with Crippen LogP contribution in [-0.4, -0.2) is 28.1 Å². The van der Waals surface area contributed by atoms with E-state index in [-0.39, 0.29) is 42.5 Å². The zero-order chi connectivity index (χ0) is 21.4. The Morgan fingerprint density at radius 2 is 1.83 bits per heavy atom. The lowest BCUT2D eigenvalue weighted by Crippen LogP contribution is -2.24. The van der Waals surface area contributed by atoms with Crippen molar-refractivity contribution in [3.05, 3.63) is 57.5 Å². The molecule has 0 aliphatic rings. The molecule has 29 heavy (non-hydrogen) atoms. The Balaban J connectivity index is 1.83. The molecule has 0 saturated heterocycles. The van der Waals surface area contributed by atoms with Crippen LogP contribution in [0.15, 0.2) is 37.9 Å². The minimum Gasteiger partial charge on any atom is -0.481 e. The van der Waals surface area contributed by atoms with E-state index in [1.54, 1.807) is 12.1 Å². The van der Waals surface area contributed by atoms with Crippen molar-refractivity contribution in [1.29, 1.82) is 0 Å². The molecule has 1 heterocycles. The van der Waals surface area contributed by atoms with Gasteiger partial charge in [-0.25, -0.2) is 15.1 Å². The highest BCUT2D eigenvalue weighted by molar-refractivity contribution is 5.87. The first kappa shape index (κ1) is 21.9. The van der Waals surface area contributed by atoms with Crippen LogP contribution in [-0.2, 0) is 27.5 Å². The lowest BCUT2D eigenvalue weighted by Gasteiger charge is -2.15. The van der Waals surface area contributed by atoms with Crippen molar-refractivity contribution < 1.29 is 38.3 Å². The number of amides is 1. The van der Waals surface area contributed by atoms with Gasteiger partial charge in [0.25, 0.3) is 0 Å². The minimum atomic E-state index is -1.04. The van der Waals surface area contributed by atoms with Crippen LogP contribution in [0.5, 0.6) is 0 Å². The summed E-state index contributed by atoms with van der Waals surface area (Å²) in [5.41, 5.74) is 3.13. The first-order chi connectivity index (χ1) is 13.7. The van der Waals surface area contributed by atoms with E-state index >= 15 is 0 Å².